The molecule has 0 rings (SSSR count). The summed E-state index contributed by atoms with van der Waals surface area (Å²) in [6.45, 7) is 0. The molecule has 0 spiro atoms. The highest BCUT2D eigenvalue weighted by Gasteiger charge is 2.01. The minimum absolute atomic E-state index is 1.08. The third kappa shape index (κ3) is 2.98. The molecule has 0 heterocycles. The lowest BCUT2D eigenvalue weighted by Crippen LogP contribution is -2.26. The van der Waals surface area contributed by atoms with Crippen molar-refractivity contribution < 1.29 is 14.3 Å². The standard InChI is InChI=1S/C3H9BNO3/c1-6-4-5(7-2)8-3/h1-3H3. The van der Waals surface area contributed by atoms with E-state index in [9.17, 15) is 0 Å². The lowest BCUT2D eigenvalue weighted by molar-refractivity contribution is -0.282. The SMILES string of the molecule is CO[B]N(OC)OC. The quantitative estimate of drug-likeness (QED) is 0.371. The van der Waals surface area contributed by atoms with Crippen LogP contribution in [0.15, 0.2) is 0 Å². The number of hydrogen-bond donors (Lipinski definition) is 0. The van der Waals surface area contributed by atoms with Crippen LogP contribution in [0, 0.1) is 0 Å². The molecule has 0 aliphatic heterocycles. The van der Waals surface area contributed by atoms with E-state index in [0.717, 1.165) is 5.14 Å². The van der Waals surface area contributed by atoms with Crippen molar-refractivity contribution in [2.45, 2.75) is 0 Å². The van der Waals surface area contributed by atoms with Crippen LogP contribution in [-0.2, 0) is 14.3 Å². The number of nitrogens with zero attached hydrogens (tertiary/aromatic N) is 1. The van der Waals surface area contributed by atoms with Gasteiger partial charge < -0.3 is 4.65 Å². The predicted molar refractivity (Wildman–Crippen MR) is 28.6 cm³/mol. The number of hydrogen-bond acceptors (Lipinski definition) is 4. The Hall–Kier alpha value is -0.0951. The summed E-state index contributed by atoms with van der Waals surface area (Å²) in [4.78, 5) is 9.14. The van der Waals surface area contributed by atoms with E-state index in [1.165, 1.54) is 28.9 Å². The van der Waals surface area contributed by atoms with E-state index in [1.54, 1.807) is 0 Å². The van der Waals surface area contributed by atoms with Crippen LogP contribution < -0.4 is 0 Å². The van der Waals surface area contributed by atoms with Crippen molar-refractivity contribution in [1.82, 2.24) is 5.14 Å². The summed E-state index contributed by atoms with van der Waals surface area (Å²) in [5.74, 6) is 0. The Bertz CT molecular complexity index is 49.8. The zero-order valence-electron chi connectivity index (χ0n) is 5.25. The van der Waals surface area contributed by atoms with E-state index in [0.29, 0.717) is 0 Å². The number of rotatable bonds is 4. The molecule has 47 valence electrons. The van der Waals surface area contributed by atoms with Crippen molar-refractivity contribution >= 4 is 7.62 Å². The van der Waals surface area contributed by atoms with Gasteiger partial charge >= 0.3 is 7.62 Å². The van der Waals surface area contributed by atoms with Gasteiger partial charge in [0.15, 0.2) is 0 Å². The van der Waals surface area contributed by atoms with Crippen LogP contribution in [0.5, 0.6) is 0 Å². The van der Waals surface area contributed by atoms with E-state index >= 15 is 0 Å². The summed E-state index contributed by atoms with van der Waals surface area (Å²) < 4.78 is 4.54. The van der Waals surface area contributed by atoms with Crippen LogP contribution in [-0.4, -0.2) is 34.1 Å². The maximum atomic E-state index is 4.57. The van der Waals surface area contributed by atoms with Gasteiger partial charge in [0, 0.05) is 7.11 Å². The van der Waals surface area contributed by atoms with E-state index in [1.807, 2.05) is 0 Å². The van der Waals surface area contributed by atoms with Crippen molar-refractivity contribution in [2.24, 2.45) is 0 Å². The molecule has 0 aromatic heterocycles. The highest BCUT2D eigenvalue weighted by atomic mass is 16.9. The molecule has 1 radical (unpaired) electrons. The van der Waals surface area contributed by atoms with Gasteiger partial charge in [-0.1, -0.05) is 5.14 Å². The molecule has 0 atom stereocenters. The molecule has 0 unspecified atom stereocenters. The van der Waals surface area contributed by atoms with Crippen LogP contribution in [0.4, 0.5) is 0 Å². The van der Waals surface area contributed by atoms with E-state index in [-0.39, 0.29) is 0 Å². The van der Waals surface area contributed by atoms with E-state index in [4.69, 9.17) is 0 Å². The highest BCUT2D eigenvalue weighted by molar-refractivity contribution is 6.21. The maximum absolute atomic E-state index is 4.57. The molecule has 0 N–H and O–H groups in total. The zero-order chi connectivity index (χ0) is 6.41. The maximum Gasteiger partial charge on any atom is 0.463 e. The lowest BCUT2D eigenvalue weighted by Gasteiger charge is -2.11. The largest absolute Gasteiger partial charge is 0.463 e. The summed E-state index contributed by atoms with van der Waals surface area (Å²) >= 11 is 0. The summed E-state index contributed by atoms with van der Waals surface area (Å²) in [6, 6.07) is 0. The second-order valence-corrected chi connectivity index (χ2v) is 0.992. The summed E-state index contributed by atoms with van der Waals surface area (Å²) in [6.07, 6.45) is 0. The fraction of sp³-hybridized carbons (Fsp3) is 1.00. The van der Waals surface area contributed by atoms with Gasteiger partial charge in [-0.2, -0.15) is 0 Å². The summed E-state index contributed by atoms with van der Waals surface area (Å²) in [5, 5.41) is 1.08. The van der Waals surface area contributed by atoms with Gasteiger partial charge in [-0.3, -0.25) is 9.68 Å². The van der Waals surface area contributed by atoms with Gasteiger partial charge in [0.05, 0.1) is 14.2 Å². The van der Waals surface area contributed by atoms with E-state index in [2.05, 4.69) is 14.3 Å². The molecule has 8 heavy (non-hydrogen) atoms. The molecule has 0 aromatic carbocycles. The zero-order valence-corrected chi connectivity index (χ0v) is 5.25. The van der Waals surface area contributed by atoms with Gasteiger partial charge in [0.2, 0.25) is 0 Å². The molecular weight excluding hydrogens is 109 g/mol. The smallest absolute Gasteiger partial charge is 0.424 e. The van der Waals surface area contributed by atoms with Gasteiger partial charge in [-0.05, 0) is 0 Å². The van der Waals surface area contributed by atoms with Crippen LogP contribution in [0.25, 0.3) is 0 Å². The Morgan fingerprint density at radius 1 is 1.12 bits per heavy atom. The second kappa shape index (κ2) is 5.05. The fourth-order valence-corrected chi connectivity index (χ4v) is 0.247. The molecule has 0 bridgehead atoms. The first-order valence-corrected chi connectivity index (χ1v) is 2.08. The van der Waals surface area contributed by atoms with Crippen molar-refractivity contribution in [3.63, 3.8) is 0 Å². The average Bonchev–Trinajstić information content (AvgIpc) is 1.83. The Balaban J connectivity index is 3.07. The topological polar surface area (TPSA) is 30.9 Å². The van der Waals surface area contributed by atoms with Crippen molar-refractivity contribution in [1.29, 1.82) is 0 Å². The van der Waals surface area contributed by atoms with Gasteiger partial charge in [0.25, 0.3) is 0 Å². The molecule has 5 heteroatoms. The Kier molecular flexibility index (Phi) is 4.99. The van der Waals surface area contributed by atoms with Crippen molar-refractivity contribution in [3.05, 3.63) is 0 Å². The van der Waals surface area contributed by atoms with Gasteiger partial charge in [-0.15, -0.1) is 0 Å². The fourth-order valence-electron chi connectivity index (χ4n) is 0.247. The van der Waals surface area contributed by atoms with Crippen molar-refractivity contribution in [3.8, 4) is 0 Å². The molecule has 0 aliphatic rings. The molecule has 0 fully saturated rings. The predicted octanol–water partition coefficient (Wildman–Crippen LogP) is -0.408. The first-order chi connectivity index (χ1) is 3.85. The third-order valence-electron chi connectivity index (χ3n) is 0.551. The van der Waals surface area contributed by atoms with Crippen LogP contribution in [0.3, 0.4) is 0 Å². The normalized spacial score (nSPS) is 10.0. The minimum Gasteiger partial charge on any atom is -0.424 e. The Labute approximate surface area is 49.5 Å². The van der Waals surface area contributed by atoms with Gasteiger partial charge in [0.1, 0.15) is 0 Å². The monoisotopic (exact) mass is 118 g/mol. The first kappa shape index (κ1) is 7.90. The Morgan fingerprint density at radius 2 is 1.62 bits per heavy atom. The average molecular weight is 118 g/mol. The lowest BCUT2D eigenvalue weighted by atomic mass is 10.3. The molecule has 4 nitrogen and oxygen atoms in total. The molecular formula is C3H9BNO3. The molecule has 0 aromatic rings. The van der Waals surface area contributed by atoms with Gasteiger partial charge in [-0.25, -0.2) is 0 Å². The molecule has 0 saturated carbocycles. The van der Waals surface area contributed by atoms with Crippen LogP contribution in [0.1, 0.15) is 0 Å². The second-order valence-electron chi connectivity index (χ2n) is 0.992. The molecule has 0 aliphatic carbocycles. The van der Waals surface area contributed by atoms with Crippen LogP contribution >= 0.6 is 0 Å². The molecule has 0 amide bonds. The first-order valence-electron chi connectivity index (χ1n) is 2.08. The van der Waals surface area contributed by atoms with Crippen LogP contribution in [0.2, 0.25) is 0 Å². The molecule has 0 saturated heterocycles. The van der Waals surface area contributed by atoms with E-state index < -0.39 is 0 Å². The van der Waals surface area contributed by atoms with Crippen molar-refractivity contribution in [2.75, 3.05) is 21.3 Å². The Morgan fingerprint density at radius 3 is 1.75 bits per heavy atom. The highest BCUT2D eigenvalue weighted by Crippen LogP contribution is 1.81. The summed E-state index contributed by atoms with van der Waals surface area (Å²) in [5.41, 5.74) is 0. The third-order valence-corrected chi connectivity index (χ3v) is 0.551. The summed E-state index contributed by atoms with van der Waals surface area (Å²) in [7, 11) is 5.74. The minimum atomic E-state index is 1.08.